The van der Waals surface area contributed by atoms with Gasteiger partial charge in [-0.3, -0.25) is 4.79 Å². The number of aliphatic carboxylic acids is 1. The standard InChI is InChI=1S/C27H19ClN8O3.C2HF3O2/c28-17-2-5-23(35-13-30-33-34-35)19(11-17)15-8-18-3-6-24(36(18)25(37)10-15)26-29-12-22(32-26)14-1-4-20-16(7-14)9-21(31-20)27(38)39;3-2(4,5)1(6)7/h1-2,4-5,7-13,24,31H,3,6H2,(H,29,32)(H,38,39);(H,6,7)/t24-;/m0./s1. The van der Waals surface area contributed by atoms with Crippen LogP contribution in [-0.4, -0.2) is 68.1 Å². The first kappa shape index (κ1) is 30.3. The summed E-state index contributed by atoms with van der Waals surface area (Å²) in [5, 5.41) is 29.1. The lowest BCUT2D eigenvalue weighted by Gasteiger charge is -2.15. The van der Waals surface area contributed by atoms with E-state index in [4.69, 9.17) is 21.5 Å². The first-order valence-electron chi connectivity index (χ1n) is 13.4. The van der Waals surface area contributed by atoms with E-state index in [0.29, 0.717) is 23.0 Å². The average molecular weight is 653 g/mol. The molecular weight excluding hydrogens is 633 g/mol. The fourth-order valence-electron chi connectivity index (χ4n) is 5.29. The van der Waals surface area contributed by atoms with Crippen LogP contribution in [0.25, 0.3) is 39.0 Å². The Morgan fingerprint density at radius 1 is 1.00 bits per heavy atom. The number of carbonyl (C=O) groups is 2. The Labute approximate surface area is 259 Å². The van der Waals surface area contributed by atoms with Crippen molar-refractivity contribution in [3.8, 4) is 28.1 Å². The number of halogens is 4. The molecule has 234 valence electrons. The second-order valence-corrected chi connectivity index (χ2v) is 10.6. The predicted octanol–water partition coefficient (Wildman–Crippen LogP) is 4.88. The van der Waals surface area contributed by atoms with E-state index in [0.717, 1.165) is 45.4 Å². The van der Waals surface area contributed by atoms with Gasteiger partial charge in [0.15, 0.2) is 0 Å². The van der Waals surface area contributed by atoms with Crippen molar-refractivity contribution in [2.45, 2.75) is 25.1 Å². The quantitative estimate of drug-likeness (QED) is 0.201. The molecule has 0 amide bonds. The van der Waals surface area contributed by atoms with Crippen LogP contribution in [0.3, 0.4) is 0 Å². The lowest BCUT2D eigenvalue weighted by atomic mass is 10.0. The minimum Gasteiger partial charge on any atom is -0.477 e. The Morgan fingerprint density at radius 2 is 1.78 bits per heavy atom. The molecule has 5 heterocycles. The molecule has 13 nitrogen and oxygen atoms in total. The number of aromatic nitrogens is 8. The maximum absolute atomic E-state index is 13.4. The Morgan fingerprint density at radius 3 is 2.48 bits per heavy atom. The van der Waals surface area contributed by atoms with E-state index < -0.39 is 18.1 Å². The molecule has 46 heavy (non-hydrogen) atoms. The van der Waals surface area contributed by atoms with Crippen LogP contribution in [0.4, 0.5) is 13.2 Å². The zero-order chi connectivity index (χ0) is 32.7. The van der Waals surface area contributed by atoms with Crippen LogP contribution < -0.4 is 5.56 Å². The molecule has 0 spiro atoms. The molecule has 0 radical (unpaired) electrons. The molecule has 6 aromatic rings. The van der Waals surface area contributed by atoms with Crippen molar-refractivity contribution in [3.63, 3.8) is 0 Å². The zero-order valence-electron chi connectivity index (χ0n) is 23.2. The number of aromatic amines is 2. The summed E-state index contributed by atoms with van der Waals surface area (Å²) in [6, 6.07) is 16.0. The third kappa shape index (κ3) is 5.84. The smallest absolute Gasteiger partial charge is 0.477 e. The van der Waals surface area contributed by atoms with Crippen LogP contribution in [0.5, 0.6) is 0 Å². The van der Waals surface area contributed by atoms with Gasteiger partial charge >= 0.3 is 18.1 Å². The van der Waals surface area contributed by atoms with Crippen LogP contribution >= 0.6 is 11.6 Å². The molecule has 1 atom stereocenters. The number of carboxylic acid groups (broad SMARTS) is 2. The minimum absolute atomic E-state index is 0.136. The van der Waals surface area contributed by atoms with Gasteiger partial charge in [-0.25, -0.2) is 14.6 Å². The van der Waals surface area contributed by atoms with Gasteiger partial charge in [0.05, 0.1) is 23.6 Å². The van der Waals surface area contributed by atoms with E-state index in [9.17, 15) is 27.9 Å². The Balaban J connectivity index is 0.000000480. The molecule has 0 bridgehead atoms. The van der Waals surface area contributed by atoms with E-state index in [-0.39, 0.29) is 17.3 Å². The van der Waals surface area contributed by atoms with E-state index in [1.54, 1.807) is 35.0 Å². The van der Waals surface area contributed by atoms with E-state index in [1.165, 1.54) is 11.0 Å². The highest BCUT2D eigenvalue weighted by atomic mass is 35.5. The summed E-state index contributed by atoms with van der Waals surface area (Å²) in [6.45, 7) is 0. The molecule has 0 unspecified atom stereocenters. The van der Waals surface area contributed by atoms with E-state index in [2.05, 4.69) is 30.5 Å². The van der Waals surface area contributed by atoms with Gasteiger partial charge in [-0.15, -0.1) is 5.10 Å². The summed E-state index contributed by atoms with van der Waals surface area (Å²) >= 11 is 6.30. The lowest BCUT2D eigenvalue weighted by Crippen LogP contribution is -2.23. The van der Waals surface area contributed by atoms with Crippen molar-refractivity contribution in [1.29, 1.82) is 0 Å². The van der Waals surface area contributed by atoms with E-state index >= 15 is 0 Å². The average Bonchev–Trinajstić information content (AvgIpc) is 3.82. The van der Waals surface area contributed by atoms with E-state index in [1.807, 2.05) is 30.3 Å². The number of aromatic carboxylic acids is 1. The lowest BCUT2D eigenvalue weighted by molar-refractivity contribution is -0.192. The topological polar surface area (TPSA) is 185 Å². The van der Waals surface area contributed by atoms with Gasteiger partial charge in [0.1, 0.15) is 17.8 Å². The molecule has 2 aromatic carbocycles. The summed E-state index contributed by atoms with van der Waals surface area (Å²) in [4.78, 5) is 44.5. The van der Waals surface area contributed by atoms with Gasteiger partial charge in [-0.1, -0.05) is 17.7 Å². The Hall–Kier alpha value is -5.77. The summed E-state index contributed by atoms with van der Waals surface area (Å²) < 4.78 is 35.1. The third-order valence-electron chi connectivity index (χ3n) is 7.31. The minimum atomic E-state index is -5.08. The maximum atomic E-state index is 13.4. The number of fused-ring (bicyclic) bond motifs is 2. The Kier molecular flexibility index (Phi) is 7.65. The number of hydrogen-bond donors (Lipinski definition) is 4. The second kappa shape index (κ2) is 11.6. The largest absolute Gasteiger partial charge is 0.490 e. The molecule has 0 saturated carbocycles. The third-order valence-corrected chi connectivity index (χ3v) is 7.55. The number of nitrogens with zero attached hydrogens (tertiary/aromatic N) is 6. The van der Waals surface area contributed by atoms with Crippen LogP contribution in [0.15, 0.2) is 71.9 Å². The highest BCUT2D eigenvalue weighted by molar-refractivity contribution is 6.31. The van der Waals surface area contributed by atoms with Crippen molar-refractivity contribution in [3.05, 3.63) is 99.7 Å². The normalized spacial score (nSPS) is 14.1. The van der Waals surface area contributed by atoms with Gasteiger partial charge < -0.3 is 24.7 Å². The number of hydrogen-bond acceptors (Lipinski definition) is 7. The number of pyridine rings is 1. The first-order valence-corrected chi connectivity index (χ1v) is 13.8. The molecule has 0 aliphatic carbocycles. The molecule has 1 aliphatic heterocycles. The van der Waals surface area contributed by atoms with Gasteiger partial charge in [-0.05, 0) is 71.3 Å². The van der Waals surface area contributed by atoms with Gasteiger partial charge in [0.25, 0.3) is 5.56 Å². The summed E-state index contributed by atoms with van der Waals surface area (Å²) in [6.07, 6.45) is -0.420. The number of imidazole rings is 1. The number of rotatable bonds is 5. The number of aryl methyl sites for hydroxylation is 1. The molecule has 1 aliphatic rings. The highest BCUT2D eigenvalue weighted by Gasteiger charge is 2.38. The SMILES string of the molecule is O=C(O)C(F)(F)F.O=C(O)c1cc2cc(-c3cnc([C@@H]4CCc5cc(-c6cc(Cl)ccc6-n6cnnn6)cc(=O)n54)[nH]3)ccc2[nH]1. The summed E-state index contributed by atoms with van der Waals surface area (Å²) in [5.41, 5.74) is 5.50. The van der Waals surface area contributed by atoms with Crippen molar-refractivity contribution in [2.24, 2.45) is 0 Å². The molecule has 4 aromatic heterocycles. The van der Waals surface area contributed by atoms with Crippen molar-refractivity contribution < 1.29 is 33.0 Å². The number of H-pyrrole nitrogens is 2. The molecule has 7 rings (SSSR count). The summed E-state index contributed by atoms with van der Waals surface area (Å²) in [5.74, 6) is -3.07. The van der Waals surface area contributed by atoms with Crippen molar-refractivity contribution in [2.75, 3.05) is 0 Å². The number of tetrazole rings is 1. The van der Waals surface area contributed by atoms with Gasteiger partial charge in [-0.2, -0.15) is 17.9 Å². The molecular formula is C29H20ClF3N8O5. The number of carboxylic acids is 2. The Bertz CT molecular complexity index is 2170. The van der Waals surface area contributed by atoms with Crippen LogP contribution in [0.1, 0.15) is 34.5 Å². The molecule has 0 saturated heterocycles. The molecule has 17 heteroatoms. The summed E-state index contributed by atoms with van der Waals surface area (Å²) in [7, 11) is 0. The van der Waals surface area contributed by atoms with Crippen LogP contribution in [-0.2, 0) is 11.2 Å². The van der Waals surface area contributed by atoms with Gasteiger partial charge in [0.2, 0.25) is 0 Å². The first-order chi connectivity index (χ1) is 21.9. The highest BCUT2D eigenvalue weighted by Crippen LogP contribution is 2.34. The fraction of sp³-hybridized carbons (Fsp3) is 0.138. The number of nitrogens with one attached hydrogen (secondary N) is 2. The number of benzene rings is 2. The molecule has 0 fully saturated rings. The molecule has 4 N–H and O–H groups in total. The monoisotopic (exact) mass is 652 g/mol. The van der Waals surface area contributed by atoms with Crippen molar-refractivity contribution in [1.82, 2.24) is 39.7 Å². The van der Waals surface area contributed by atoms with Crippen LogP contribution in [0.2, 0.25) is 5.02 Å². The number of alkyl halides is 3. The van der Waals surface area contributed by atoms with Crippen LogP contribution in [0, 0.1) is 0 Å². The van der Waals surface area contributed by atoms with Gasteiger partial charge in [0, 0.05) is 38.8 Å². The zero-order valence-corrected chi connectivity index (χ0v) is 23.9. The maximum Gasteiger partial charge on any atom is 0.490 e. The second-order valence-electron chi connectivity index (χ2n) is 10.2. The van der Waals surface area contributed by atoms with Crippen molar-refractivity contribution >= 4 is 34.4 Å². The fourth-order valence-corrected chi connectivity index (χ4v) is 5.46. The predicted molar refractivity (Wildman–Crippen MR) is 157 cm³/mol.